The largest absolute Gasteiger partial charge is 0.416 e. The monoisotopic (exact) mass is 433 g/mol. The molecule has 0 fully saturated rings. The first kappa shape index (κ1) is 20.2. The van der Waals surface area contributed by atoms with E-state index in [1.807, 2.05) is 0 Å². The lowest BCUT2D eigenvalue weighted by atomic mass is 10.0. The minimum Gasteiger partial charge on any atom is -0.383 e. The fourth-order valence-corrected chi connectivity index (χ4v) is 3.87. The number of halogens is 4. The number of benzene rings is 1. The third-order valence-electron chi connectivity index (χ3n) is 3.99. The van der Waals surface area contributed by atoms with E-state index >= 15 is 0 Å². The molecule has 0 aliphatic carbocycles. The van der Waals surface area contributed by atoms with E-state index in [0.717, 1.165) is 16.8 Å². The van der Waals surface area contributed by atoms with Crippen molar-refractivity contribution in [2.24, 2.45) is 7.05 Å². The van der Waals surface area contributed by atoms with Crippen LogP contribution in [0.5, 0.6) is 0 Å². The molecule has 0 atom stereocenters. The summed E-state index contributed by atoms with van der Waals surface area (Å²) in [4.78, 5) is 0. The summed E-state index contributed by atoms with van der Waals surface area (Å²) in [6.07, 6.45) is -3.08. The minimum atomic E-state index is -4.67. The van der Waals surface area contributed by atoms with Gasteiger partial charge in [-0.3, -0.25) is 4.68 Å². The molecule has 0 aliphatic rings. The van der Waals surface area contributed by atoms with Crippen LogP contribution < -0.4 is 5.73 Å². The van der Waals surface area contributed by atoms with Crippen LogP contribution in [0.2, 0.25) is 5.02 Å². The van der Waals surface area contributed by atoms with Gasteiger partial charge in [-0.2, -0.15) is 28.1 Å². The number of aromatic nitrogens is 4. The Morgan fingerprint density at radius 1 is 1.21 bits per heavy atom. The van der Waals surface area contributed by atoms with Crippen LogP contribution in [-0.2, 0) is 23.1 Å². The second-order valence-corrected chi connectivity index (χ2v) is 8.58. The number of alkyl halides is 3. The SMILES string of the molecule is CCS(=O)(=O)c1nn(-c2ccn(C)n2)c(N)c1-c1cc(Cl)cc(C(F)(F)F)c1. The Hall–Kier alpha value is -2.53. The first-order valence-corrected chi connectivity index (χ1v) is 9.96. The van der Waals surface area contributed by atoms with Gasteiger partial charge in [0, 0.05) is 24.3 Å². The Morgan fingerprint density at radius 2 is 1.89 bits per heavy atom. The van der Waals surface area contributed by atoms with Gasteiger partial charge in [0.05, 0.1) is 16.9 Å². The van der Waals surface area contributed by atoms with E-state index in [2.05, 4.69) is 10.2 Å². The topological polar surface area (TPSA) is 95.8 Å². The maximum Gasteiger partial charge on any atom is 0.416 e. The molecule has 28 heavy (non-hydrogen) atoms. The lowest BCUT2D eigenvalue weighted by Crippen LogP contribution is -2.08. The van der Waals surface area contributed by atoms with Crippen molar-refractivity contribution in [2.75, 3.05) is 11.5 Å². The molecule has 150 valence electrons. The predicted molar refractivity (Wildman–Crippen MR) is 97.9 cm³/mol. The van der Waals surface area contributed by atoms with Crippen molar-refractivity contribution >= 4 is 27.3 Å². The van der Waals surface area contributed by atoms with E-state index in [1.165, 1.54) is 23.7 Å². The second-order valence-electron chi connectivity index (χ2n) is 5.95. The zero-order chi connectivity index (χ0) is 20.9. The summed E-state index contributed by atoms with van der Waals surface area (Å²) in [5.41, 5.74) is 4.82. The molecule has 2 N–H and O–H groups in total. The highest BCUT2D eigenvalue weighted by Crippen LogP contribution is 2.39. The number of nitrogen functional groups attached to an aromatic ring is 1. The van der Waals surface area contributed by atoms with E-state index < -0.39 is 26.6 Å². The molecule has 0 spiro atoms. The second kappa shape index (κ2) is 6.82. The van der Waals surface area contributed by atoms with Gasteiger partial charge < -0.3 is 5.73 Å². The van der Waals surface area contributed by atoms with Gasteiger partial charge in [0.2, 0.25) is 0 Å². The molecule has 0 bridgehead atoms. The van der Waals surface area contributed by atoms with Crippen molar-refractivity contribution in [3.63, 3.8) is 0 Å². The first-order valence-electron chi connectivity index (χ1n) is 7.93. The van der Waals surface area contributed by atoms with Crippen LogP contribution in [0.3, 0.4) is 0 Å². The van der Waals surface area contributed by atoms with Gasteiger partial charge in [0.25, 0.3) is 0 Å². The van der Waals surface area contributed by atoms with Crippen molar-refractivity contribution in [3.05, 3.63) is 41.0 Å². The van der Waals surface area contributed by atoms with Gasteiger partial charge in [-0.05, 0) is 23.8 Å². The lowest BCUT2D eigenvalue weighted by molar-refractivity contribution is -0.137. The molecule has 0 amide bonds. The number of nitrogens with zero attached hydrogens (tertiary/aromatic N) is 4. The van der Waals surface area contributed by atoms with E-state index in [1.54, 1.807) is 13.2 Å². The molecule has 0 saturated carbocycles. The Morgan fingerprint density at radius 3 is 2.43 bits per heavy atom. The number of hydrogen-bond donors (Lipinski definition) is 1. The zero-order valence-corrected chi connectivity index (χ0v) is 16.3. The Bertz CT molecular complexity index is 1150. The summed E-state index contributed by atoms with van der Waals surface area (Å²) in [6.45, 7) is 1.40. The van der Waals surface area contributed by atoms with Crippen molar-refractivity contribution in [3.8, 4) is 16.9 Å². The molecule has 0 aliphatic heterocycles. The molecule has 0 radical (unpaired) electrons. The van der Waals surface area contributed by atoms with Crippen LogP contribution in [-0.4, -0.2) is 33.7 Å². The normalized spacial score (nSPS) is 12.5. The maximum absolute atomic E-state index is 13.2. The molecule has 2 heterocycles. The Labute approximate surface area is 163 Å². The van der Waals surface area contributed by atoms with Crippen molar-refractivity contribution in [1.82, 2.24) is 19.6 Å². The van der Waals surface area contributed by atoms with Crippen LogP contribution in [0.25, 0.3) is 16.9 Å². The van der Waals surface area contributed by atoms with Crippen LogP contribution >= 0.6 is 11.6 Å². The standard InChI is InChI=1S/C16H15ClF3N5O2S/c1-3-28(26,27)15-13(9-6-10(16(18,19)20)8-11(17)7-9)14(21)25(23-15)12-4-5-24(2)22-12/h4-8H,3,21H2,1-2H3. The average Bonchev–Trinajstić information content (AvgIpc) is 3.17. The molecule has 3 rings (SSSR count). The van der Waals surface area contributed by atoms with Gasteiger partial charge in [-0.1, -0.05) is 18.5 Å². The third kappa shape index (κ3) is 3.59. The van der Waals surface area contributed by atoms with Gasteiger partial charge in [0.15, 0.2) is 20.7 Å². The van der Waals surface area contributed by atoms with Crippen LogP contribution in [0.15, 0.2) is 35.5 Å². The zero-order valence-electron chi connectivity index (χ0n) is 14.7. The molecule has 12 heteroatoms. The molecule has 0 unspecified atom stereocenters. The van der Waals surface area contributed by atoms with E-state index in [0.29, 0.717) is 0 Å². The number of nitrogens with two attached hydrogens (primary N) is 1. The van der Waals surface area contributed by atoms with Crippen molar-refractivity contribution < 1.29 is 21.6 Å². The molecular formula is C16H15ClF3N5O2S. The Kier molecular flexibility index (Phi) is 4.92. The summed E-state index contributed by atoms with van der Waals surface area (Å²) in [5.74, 6) is -0.260. The quantitative estimate of drug-likeness (QED) is 0.681. The highest BCUT2D eigenvalue weighted by Gasteiger charge is 2.33. The summed E-state index contributed by atoms with van der Waals surface area (Å²) in [6, 6.07) is 4.28. The van der Waals surface area contributed by atoms with E-state index in [9.17, 15) is 21.6 Å². The highest BCUT2D eigenvalue weighted by atomic mass is 35.5. The highest BCUT2D eigenvalue weighted by molar-refractivity contribution is 7.91. The van der Waals surface area contributed by atoms with Crippen LogP contribution in [0.4, 0.5) is 19.0 Å². The lowest BCUT2D eigenvalue weighted by Gasteiger charge is -2.11. The van der Waals surface area contributed by atoms with Crippen molar-refractivity contribution in [1.29, 1.82) is 0 Å². The number of sulfone groups is 1. The summed E-state index contributed by atoms with van der Waals surface area (Å²) in [7, 11) is -2.27. The first-order chi connectivity index (χ1) is 12.9. The van der Waals surface area contributed by atoms with Crippen molar-refractivity contribution in [2.45, 2.75) is 18.1 Å². The van der Waals surface area contributed by atoms with Gasteiger partial charge >= 0.3 is 6.18 Å². The molecule has 7 nitrogen and oxygen atoms in total. The molecular weight excluding hydrogens is 419 g/mol. The summed E-state index contributed by atoms with van der Waals surface area (Å²) < 4.78 is 67.2. The number of rotatable bonds is 4. The van der Waals surface area contributed by atoms with Gasteiger partial charge in [-0.25, -0.2) is 8.42 Å². The third-order valence-corrected chi connectivity index (χ3v) is 5.85. The number of anilines is 1. The van der Waals surface area contributed by atoms with E-state index in [4.69, 9.17) is 17.3 Å². The maximum atomic E-state index is 13.2. The molecule has 0 saturated heterocycles. The summed E-state index contributed by atoms with van der Waals surface area (Å²) >= 11 is 5.85. The average molecular weight is 434 g/mol. The Balaban J connectivity index is 2.34. The number of hydrogen-bond acceptors (Lipinski definition) is 5. The molecule has 3 aromatic rings. The predicted octanol–water partition coefficient (Wildman–Crippen LogP) is 3.32. The summed E-state index contributed by atoms with van der Waals surface area (Å²) in [5, 5.41) is 7.50. The van der Waals surface area contributed by atoms with Crippen LogP contribution in [0.1, 0.15) is 12.5 Å². The fraction of sp³-hybridized carbons (Fsp3) is 0.250. The van der Waals surface area contributed by atoms with Gasteiger partial charge in [0.1, 0.15) is 5.82 Å². The van der Waals surface area contributed by atoms with E-state index in [-0.39, 0.29) is 33.5 Å². The number of aryl methyl sites for hydroxylation is 1. The molecule has 2 aromatic heterocycles. The fourth-order valence-electron chi connectivity index (χ4n) is 2.62. The van der Waals surface area contributed by atoms with Crippen LogP contribution in [0, 0.1) is 0 Å². The molecule has 1 aromatic carbocycles. The minimum absolute atomic E-state index is 0.105. The van der Waals surface area contributed by atoms with Gasteiger partial charge in [-0.15, -0.1) is 0 Å². The smallest absolute Gasteiger partial charge is 0.383 e.